The Balaban J connectivity index is 0.000000287. The zero-order valence-electron chi connectivity index (χ0n) is 22.8. The summed E-state index contributed by atoms with van der Waals surface area (Å²) in [6, 6.07) is 26.5. The normalized spacial score (nSPS) is 14.1. The summed E-state index contributed by atoms with van der Waals surface area (Å²) in [5.74, 6) is 0.653. The zero-order chi connectivity index (χ0) is 25.4. The van der Waals surface area contributed by atoms with Crippen LogP contribution in [-0.4, -0.2) is 57.7 Å². The molecule has 3 aromatic carbocycles. The monoisotopic (exact) mass is 472 g/mol. The summed E-state index contributed by atoms with van der Waals surface area (Å²) in [5, 5.41) is 0. The summed E-state index contributed by atoms with van der Waals surface area (Å²) in [7, 11) is 8.33. The number of hydrogen-bond donors (Lipinski definition) is 0. The molecule has 0 aliphatic carbocycles. The van der Waals surface area contributed by atoms with E-state index in [-0.39, 0.29) is 0 Å². The minimum atomic E-state index is 0.653. The predicted molar refractivity (Wildman–Crippen MR) is 152 cm³/mol. The highest BCUT2D eigenvalue weighted by molar-refractivity contribution is 5.46. The van der Waals surface area contributed by atoms with Crippen molar-refractivity contribution >= 4 is 11.4 Å². The van der Waals surface area contributed by atoms with E-state index in [1.165, 1.54) is 33.6 Å². The molecular weight excluding hydrogens is 428 g/mol. The van der Waals surface area contributed by atoms with E-state index in [1.54, 1.807) is 0 Å². The second-order valence-electron chi connectivity index (χ2n) is 10.4. The van der Waals surface area contributed by atoms with Gasteiger partial charge in [-0.2, -0.15) is 0 Å². The molecule has 1 fully saturated rings. The average molecular weight is 473 g/mol. The van der Waals surface area contributed by atoms with E-state index in [1.807, 2.05) is 0 Å². The second kappa shape index (κ2) is 12.8. The number of nitrogens with zero attached hydrogens (tertiary/aromatic N) is 4. The van der Waals surface area contributed by atoms with Gasteiger partial charge in [-0.3, -0.25) is 9.80 Å². The van der Waals surface area contributed by atoms with E-state index < -0.39 is 0 Å². The fraction of sp³-hybridized carbons (Fsp3) is 0.419. The number of aryl methyl sites for hydroxylation is 1. The molecule has 0 unspecified atom stereocenters. The van der Waals surface area contributed by atoms with Crippen LogP contribution < -0.4 is 9.80 Å². The van der Waals surface area contributed by atoms with E-state index in [0.717, 1.165) is 32.8 Å². The van der Waals surface area contributed by atoms with Gasteiger partial charge < -0.3 is 9.80 Å². The van der Waals surface area contributed by atoms with Crippen LogP contribution in [0.3, 0.4) is 0 Å². The second-order valence-corrected chi connectivity index (χ2v) is 10.4. The number of hydrogen-bond acceptors (Lipinski definition) is 4. The van der Waals surface area contributed by atoms with Crippen molar-refractivity contribution in [2.24, 2.45) is 0 Å². The molecule has 0 atom stereocenters. The Morgan fingerprint density at radius 3 is 1.37 bits per heavy atom. The molecule has 0 amide bonds. The Bertz CT molecular complexity index is 946. The van der Waals surface area contributed by atoms with Gasteiger partial charge in [0.1, 0.15) is 0 Å². The molecule has 1 aliphatic heterocycles. The highest BCUT2D eigenvalue weighted by Gasteiger charge is 2.20. The van der Waals surface area contributed by atoms with Crippen molar-refractivity contribution in [3.63, 3.8) is 0 Å². The lowest BCUT2D eigenvalue weighted by Gasteiger charge is -2.19. The summed E-state index contributed by atoms with van der Waals surface area (Å²) in [4.78, 5) is 9.34. The lowest BCUT2D eigenvalue weighted by molar-refractivity contribution is 0.235. The van der Waals surface area contributed by atoms with Crippen LogP contribution in [0.25, 0.3) is 0 Å². The summed E-state index contributed by atoms with van der Waals surface area (Å²) < 4.78 is 0. The molecule has 0 N–H and O–H groups in total. The fourth-order valence-corrected chi connectivity index (χ4v) is 4.23. The van der Waals surface area contributed by atoms with E-state index in [9.17, 15) is 0 Å². The van der Waals surface area contributed by atoms with Gasteiger partial charge in [0.25, 0.3) is 0 Å². The highest BCUT2D eigenvalue weighted by Crippen LogP contribution is 2.18. The number of anilines is 2. The molecule has 4 nitrogen and oxygen atoms in total. The molecule has 3 aromatic rings. The summed E-state index contributed by atoms with van der Waals surface area (Å²) in [6.07, 6.45) is 0. The molecule has 35 heavy (non-hydrogen) atoms. The van der Waals surface area contributed by atoms with Gasteiger partial charge in [-0.15, -0.1) is 0 Å². The van der Waals surface area contributed by atoms with Crippen molar-refractivity contribution < 1.29 is 0 Å². The van der Waals surface area contributed by atoms with Crippen LogP contribution in [0.2, 0.25) is 0 Å². The van der Waals surface area contributed by atoms with Gasteiger partial charge in [-0.25, -0.2) is 0 Å². The molecule has 4 rings (SSSR count). The maximum atomic E-state index is 2.53. The van der Waals surface area contributed by atoms with Crippen LogP contribution in [0.5, 0.6) is 0 Å². The van der Waals surface area contributed by atoms with Gasteiger partial charge in [-0.1, -0.05) is 67.9 Å². The van der Waals surface area contributed by atoms with Crippen LogP contribution in [-0.2, 0) is 13.1 Å². The van der Waals surface area contributed by atoms with Crippen molar-refractivity contribution in [3.05, 3.63) is 95.1 Å². The third kappa shape index (κ3) is 8.41. The molecule has 188 valence electrons. The zero-order valence-corrected chi connectivity index (χ0v) is 22.8. The third-order valence-corrected chi connectivity index (χ3v) is 6.59. The van der Waals surface area contributed by atoms with Gasteiger partial charge in [0.05, 0.1) is 6.67 Å². The first-order valence-corrected chi connectivity index (χ1v) is 12.7. The van der Waals surface area contributed by atoms with Crippen LogP contribution in [0.1, 0.15) is 42.0 Å². The molecule has 0 aromatic heterocycles. The third-order valence-electron chi connectivity index (χ3n) is 6.59. The summed E-state index contributed by atoms with van der Waals surface area (Å²) in [5.41, 5.74) is 8.06. The van der Waals surface area contributed by atoms with Crippen molar-refractivity contribution in [2.45, 2.75) is 39.8 Å². The summed E-state index contributed by atoms with van der Waals surface area (Å²) >= 11 is 0. The first-order chi connectivity index (χ1) is 16.7. The van der Waals surface area contributed by atoms with Crippen LogP contribution in [0.15, 0.2) is 72.8 Å². The summed E-state index contributed by atoms with van der Waals surface area (Å²) in [6.45, 7) is 11.9. The van der Waals surface area contributed by atoms with Gasteiger partial charge in [0.15, 0.2) is 0 Å². The van der Waals surface area contributed by atoms with Gasteiger partial charge in [0.2, 0.25) is 0 Å². The van der Waals surface area contributed by atoms with Crippen LogP contribution in [0.4, 0.5) is 11.4 Å². The molecule has 0 bridgehead atoms. The molecule has 1 saturated heterocycles. The van der Waals surface area contributed by atoms with Crippen molar-refractivity contribution in [1.82, 2.24) is 9.80 Å². The number of rotatable bonds is 7. The quantitative estimate of drug-likeness (QED) is 0.405. The Morgan fingerprint density at radius 1 is 0.629 bits per heavy atom. The van der Waals surface area contributed by atoms with Crippen molar-refractivity contribution in [3.8, 4) is 0 Å². The predicted octanol–water partition coefficient (Wildman–Crippen LogP) is 6.21. The standard InChI is InChI=1S/C21H30N4.C10H14/c1-22(2)20-9-5-18(6-10-20)15-24-13-14-25(17-24)16-19-7-11-21(12-8-19)23(3)4;1-8(2)10-6-4-9(3)5-7-10/h5-12H,13-17H2,1-4H3;4-8H,1-3H3. The maximum Gasteiger partial charge on any atom is 0.0513 e. The lowest BCUT2D eigenvalue weighted by atomic mass is 10.0. The first-order valence-electron chi connectivity index (χ1n) is 12.7. The van der Waals surface area contributed by atoms with E-state index in [2.05, 4.69) is 141 Å². The molecule has 0 saturated carbocycles. The SMILES string of the molecule is CN(C)c1ccc(CN2CCN(Cc3ccc(N(C)C)cc3)C2)cc1.Cc1ccc(C(C)C)cc1. The number of benzene rings is 3. The van der Waals surface area contributed by atoms with Crippen LogP contribution in [0, 0.1) is 6.92 Å². The van der Waals surface area contributed by atoms with Gasteiger partial charge >= 0.3 is 0 Å². The van der Waals surface area contributed by atoms with E-state index in [0.29, 0.717) is 5.92 Å². The minimum absolute atomic E-state index is 0.653. The molecular formula is C31H44N4. The Morgan fingerprint density at radius 2 is 1.03 bits per heavy atom. The molecule has 1 aliphatic rings. The average Bonchev–Trinajstić information content (AvgIpc) is 3.27. The minimum Gasteiger partial charge on any atom is -0.378 e. The highest BCUT2D eigenvalue weighted by atomic mass is 15.4. The molecule has 4 heteroatoms. The molecule has 0 radical (unpaired) electrons. The Hall–Kier alpha value is -2.82. The van der Waals surface area contributed by atoms with E-state index in [4.69, 9.17) is 0 Å². The van der Waals surface area contributed by atoms with Gasteiger partial charge in [-0.05, 0) is 53.8 Å². The van der Waals surface area contributed by atoms with Gasteiger partial charge in [0, 0.05) is 65.7 Å². The Kier molecular flexibility index (Phi) is 9.76. The molecule has 1 heterocycles. The lowest BCUT2D eigenvalue weighted by Crippen LogP contribution is -2.25. The van der Waals surface area contributed by atoms with E-state index >= 15 is 0 Å². The van der Waals surface area contributed by atoms with Crippen molar-refractivity contribution in [1.29, 1.82) is 0 Å². The van der Waals surface area contributed by atoms with Crippen molar-refractivity contribution in [2.75, 3.05) is 57.7 Å². The first kappa shape index (κ1) is 26.8. The largest absolute Gasteiger partial charge is 0.378 e. The van der Waals surface area contributed by atoms with Crippen LogP contribution >= 0.6 is 0 Å². The smallest absolute Gasteiger partial charge is 0.0513 e. The maximum absolute atomic E-state index is 2.53. The topological polar surface area (TPSA) is 13.0 Å². The molecule has 0 spiro atoms. The fourth-order valence-electron chi connectivity index (χ4n) is 4.23. The Labute approximate surface area is 213 Å².